The van der Waals surface area contributed by atoms with Crippen LogP contribution < -0.4 is 10.6 Å². The summed E-state index contributed by atoms with van der Waals surface area (Å²) in [5.41, 5.74) is 8.46. The molecule has 4 nitrogen and oxygen atoms in total. The molecule has 0 saturated heterocycles. The second-order valence-corrected chi connectivity index (χ2v) is 4.73. The average molecular weight is 253 g/mol. The SMILES string of the molecule is Cc1cc(C)c(C(N)=S)c(N(C)C(C)CO)n1. The van der Waals surface area contributed by atoms with Gasteiger partial charge in [0.1, 0.15) is 10.8 Å². The van der Waals surface area contributed by atoms with E-state index in [0.717, 1.165) is 22.6 Å². The Morgan fingerprint density at radius 2 is 2.18 bits per heavy atom. The van der Waals surface area contributed by atoms with E-state index < -0.39 is 0 Å². The van der Waals surface area contributed by atoms with E-state index in [2.05, 4.69) is 4.98 Å². The molecule has 5 heteroatoms. The van der Waals surface area contributed by atoms with Gasteiger partial charge in [0.05, 0.1) is 18.2 Å². The molecule has 1 rings (SSSR count). The topological polar surface area (TPSA) is 62.4 Å². The van der Waals surface area contributed by atoms with Crippen LogP contribution in [0.1, 0.15) is 23.7 Å². The second-order valence-electron chi connectivity index (χ2n) is 4.29. The van der Waals surface area contributed by atoms with Crippen molar-refractivity contribution in [1.29, 1.82) is 0 Å². The lowest BCUT2D eigenvalue weighted by molar-refractivity contribution is 0.269. The minimum Gasteiger partial charge on any atom is -0.394 e. The van der Waals surface area contributed by atoms with Gasteiger partial charge in [-0.3, -0.25) is 0 Å². The van der Waals surface area contributed by atoms with Crippen molar-refractivity contribution in [3.05, 3.63) is 22.9 Å². The maximum absolute atomic E-state index is 9.20. The van der Waals surface area contributed by atoms with Gasteiger partial charge >= 0.3 is 0 Å². The number of pyridine rings is 1. The van der Waals surface area contributed by atoms with Gasteiger partial charge < -0.3 is 15.7 Å². The standard InChI is InChI=1S/C12H19N3OS/c1-7-5-8(2)14-12(10(7)11(13)17)15(4)9(3)6-16/h5,9,16H,6H2,1-4H3,(H2,13,17). The van der Waals surface area contributed by atoms with E-state index in [-0.39, 0.29) is 12.6 Å². The molecular weight excluding hydrogens is 234 g/mol. The van der Waals surface area contributed by atoms with Crippen LogP contribution >= 0.6 is 12.2 Å². The summed E-state index contributed by atoms with van der Waals surface area (Å²) in [6.07, 6.45) is 0. The van der Waals surface area contributed by atoms with Crippen LogP contribution in [0.4, 0.5) is 5.82 Å². The minimum atomic E-state index is -0.0307. The average Bonchev–Trinajstić information content (AvgIpc) is 2.25. The molecule has 0 aliphatic rings. The molecule has 0 saturated carbocycles. The number of nitrogens with two attached hydrogens (primary N) is 1. The normalized spacial score (nSPS) is 12.3. The monoisotopic (exact) mass is 253 g/mol. The predicted octanol–water partition coefficient (Wildman–Crippen LogP) is 1.15. The molecule has 0 radical (unpaired) electrons. The largest absolute Gasteiger partial charge is 0.394 e. The van der Waals surface area contributed by atoms with Gasteiger partial charge in [0.15, 0.2) is 0 Å². The maximum atomic E-state index is 9.20. The number of aryl methyl sites for hydroxylation is 2. The van der Waals surface area contributed by atoms with Crippen molar-refractivity contribution in [2.24, 2.45) is 5.73 Å². The van der Waals surface area contributed by atoms with Crippen LogP contribution in [-0.2, 0) is 0 Å². The van der Waals surface area contributed by atoms with Crippen molar-refractivity contribution in [3.8, 4) is 0 Å². The molecule has 17 heavy (non-hydrogen) atoms. The van der Waals surface area contributed by atoms with Crippen LogP contribution in [-0.4, -0.2) is 34.8 Å². The van der Waals surface area contributed by atoms with Crippen molar-refractivity contribution < 1.29 is 5.11 Å². The van der Waals surface area contributed by atoms with Crippen molar-refractivity contribution in [2.45, 2.75) is 26.8 Å². The third kappa shape index (κ3) is 2.92. The summed E-state index contributed by atoms with van der Waals surface area (Å²) in [7, 11) is 1.88. The first kappa shape index (κ1) is 13.9. The van der Waals surface area contributed by atoms with Gasteiger partial charge in [0, 0.05) is 12.7 Å². The summed E-state index contributed by atoms with van der Waals surface area (Å²) in [4.78, 5) is 6.70. The highest BCUT2D eigenvalue weighted by Crippen LogP contribution is 2.23. The molecule has 0 amide bonds. The summed E-state index contributed by atoms with van der Waals surface area (Å²) < 4.78 is 0. The summed E-state index contributed by atoms with van der Waals surface area (Å²) >= 11 is 5.07. The molecule has 1 unspecified atom stereocenters. The summed E-state index contributed by atoms with van der Waals surface area (Å²) in [6.45, 7) is 5.87. The lowest BCUT2D eigenvalue weighted by atomic mass is 10.1. The molecule has 1 aromatic rings. The second kappa shape index (κ2) is 5.42. The van der Waals surface area contributed by atoms with E-state index in [1.165, 1.54) is 0 Å². The number of hydrogen-bond acceptors (Lipinski definition) is 4. The van der Waals surface area contributed by atoms with E-state index in [9.17, 15) is 5.11 Å². The lowest BCUT2D eigenvalue weighted by Gasteiger charge is -2.27. The van der Waals surface area contributed by atoms with E-state index in [0.29, 0.717) is 4.99 Å². The zero-order chi connectivity index (χ0) is 13.2. The summed E-state index contributed by atoms with van der Waals surface area (Å²) in [5.74, 6) is 0.733. The Kier molecular flexibility index (Phi) is 4.42. The molecule has 0 fully saturated rings. The smallest absolute Gasteiger partial charge is 0.139 e. The highest BCUT2D eigenvalue weighted by molar-refractivity contribution is 7.80. The van der Waals surface area contributed by atoms with Crippen LogP contribution in [0.5, 0.6) is 0 Å². The highest BCUT2D eigenvalue weighted by Gasteiger charge is 2.18. The van der Waals surface area contributed by atoms with Crippen LogP contribution in [0.2, 0.25) is 0 Å². The zero-order valence-corrected chi connectivity index (χ0v) is 11.5. The van der Waals surface area contributed by atoms with E-state index in [1.54, 1.807) is 0 Å². The molecule has 0 bridgehead atoms. The van der Waals surface area contributed by atoms with Gasteiger partial charge in [-0.15, -0.1) is 0 Å². The van der Waals surface area contributed by atoms with Crippen LogP contribution in [0.3, 0.4) is 0 Å². The van der Waals surface area contributed by atoms with E-state index in [1.807, 2.05) is 38.8 Å². The number of nitrogens with zero attached hydrogens (tertiary/aromatic N) is 2. The Morgan fingerprint density at radius 3 is 2.65 bits per heavy atom. The van der Waals surface area contributed by atoms with Gasteiger partial charge in [0.2, 0.25) is 0 Å². The van der Waals surface area contributed by atoms with Gasteiger partial charge in [-0.25, -0.2) is 4.98 Å². The zero-order valence-electron chi connectivity index (χ0n) is 10.7. The molecule has 0 spiro atoms. The molecule has 1 atom stereocenters. The Bertz CT molecular complexity index is 434. The lowest BCUT2D eigenvalue weighted by Crippen LogP contribution is -2.34. The molecule has 1 aromatic heterocycles. The molecule has 1 heterocycles. The molecule has 3 N–H and O–H groups in total. The Morgan fingerprint density at radius 1 is 1.59 bits per heavy atom. The van der Waals surface area contributed by atoms with Crippen molar-refractivity contribution in [3.63, 3.8) is 0 Å². The van der Waals surface area contributed by atoms with Crippen molar-refractivity contribution in [2.75, 3.05) is 18.6 Å². The first-order valence-corrected chi connectivity index (χ1v) is 5.91. The Labute approximate surface area is 107 Å². The van der Waals surface area contributed by atoms with Gasteiger partial charge in [-0.05, 0) is 32.4 Å². The first-order chi connectivity index (χ1) is 7.88. The van der Waals surface area contributed by atoms with Gasteiger partial charge in [-0.1, -0.05) is 12.2 Å². The number of thiocarbonyl (C=S) groups is 1. The van der Waals surface area contributed by atoms with Gasteiger partial charge in [0.25, 0.3) is 0 Å². The summed E-state index contributed by atoms with van der Waals surface area (Å²) in [6, 6.07) is 1.92. The molecule has 94 valence electrons. The number of anilines is 1. The van der Waals surface area contributed by atoms with Crippen LogP contribution in [0, 0.1) is 13.8 Å². The quantitative estimate of drug-likeness (QED) is 0.788. The molecule has 0 aromatic carbocycles. The maximum Gasteiger partial charge on any atom is 0.139 e. The van der Waals surface area contributed by atoms with Crippen molar-refractivity contribution >= 4 is 23.0 Å². The third-order valence-corrected chi connectivity index (χ3v) is 3.04. The number of likely N-dealkylation sites (N-methyl/N-ethyl adjacent to an activating group) is 1. The Hall–Kier alpha value is -1.20. The number of aliphatic hydroxyl groups is 1. The van der Waals surface area contributed by atoms with Crippen LogP contribution in [0.15, 0.2) is 6.07 Å². The van der Waals surface area contributed by atoms with Crippen molar-refractivity contribution in [1.82, 2.24) is 4.98 Å². The fourth-order valence-electron chi connectivity index (χ4n) is 1.71. The fraction of sp³-hybridized carbons (Fsp3) is 0.500. The first-order valence-electron chi connectivity index (χ1n) is 5.50. The van der Waals surface area contributed by atoms with Gasteiger partial charge in [-0.2, -0.15) is 0 Å². The third-order valence-electron chi connectivity index (χ3n) is 2.83. The molecular formula is C12H19N3OS. The molecule has 0 aliphatic carbocycles. The number of hydrogen-bond donors (Lipinski definition) is 2. The predicted molar refractivity (Wildman–Crippen MR) is 74.5 cm³/mol. The number of rotatable bonds is 4. The van der Waals surface area contributed by atoms with Crippen LogP contribution in [0.25, 0.3) is 0 Å². The highest BCUT2D eigenvalue weighted by atomic mass is 32.1. The number of aliphatic hydroxyl groups excluding tert-OH is 1. The Balaban J connectivity index is 3.35. The van der Waals surface area contributed by atoms with E-state index >= 15 is 0 Å². The number of aromatic nitrogens is 1. The minimum absolute atomic E-state index is 0.0307. The fourth-order valence-corrected chi connectivity index (χ4v) is 1.96. The molecule has 0 aliphatic heterocycles. The summed E-state index contributed by atoms with van der Waals surface area (Å²) in [5, 5.41) is 9.20. The van der Waals surface area contributed by atoms with E-state index in [4.69, 9.17) is 18.0 Å².